The summed E-state index contributed by atoms with van der Waals surface area (Å²) in [6.07, 6.45) is 5.18. The van der Waals surface area contributed by atoms with Gasteiger partial charge in [0.2, 0.25) is 11.8 Å². The summed E-state index contributed by atoms with van der Waals surface area (Å²) >= 11 is 0. The highest BCUT2D eigenvalue weighted by atomic mass is 16.5. The average Bonchev–Trinajstić information content (AvgIpc) is 3.71. The van der Waals surface area contributed by atoms with Crippen molar-refractivity contribution < 1.29 is 9.84 Å². The molecule has 0 radical (unpaired) electrons. The second kappa shape index (κ2) is 9.53. The number of aliphatic hydroxyl groups excluding tert-OH is 1. The average molecular weight is 512 g/mol. The number of benzene rings is 1. The molecule has 9 nitrogen and oxygen atoms in total. The van der Waals surface area contributed by atoms with E-state index in [9.17, 15) is 10.4 Å². The van der Waals surface area contributed by atoms with Crippen LogP contribution in [0.25, 0.3) is 11.3 Å². The van der Waals surface area contributed by atoms with E-state index in [2.05, 4.69) is 32.7 Å². The predicted molar refractivity (Wildman–Crippen MR) is 146 cm³/mol. The molecule has 196 valence electrons. The van der Waals surface area contributed by atoms with Crippen molar-refractivity contribution in [3.05, 3.63) is 52.8 Å². The number of aromatic nitrogens is 3. The standard InChI is InChI=1S/C29H33N7O2/c1-17(2)38-27-25(12-20-14-36(21-4-5-21)9-7-24(20)33-27)35-28-31-8-6-23(34-28)18-10-19(13-30)26-22(11-18)29(3,16-37)15-32-26/h6,8,10-12,17,21,32,37H,4-5,7,9,14-16H2,1-3H3,(H,31,34,35)/t29-/m1/s1. The normalized spacial score (nSPS) is 20.4. The zero-order valence-electron chi connectivity index (χ0n) is 22.1. The molecule has 3 aliphatic rings. The molecule has 1 fully saturated rings. The number of nitrogens with one attached hydrogen (secondary N) is 2. The van der Waals surface area contributed by atoms with Crippen molar-refractivity contribution in [1.82, 2.24) is 19.9 Å². The number of pyridine rings is 1. The Hall–Kier alpha value is -3.74. The van der Waals surface area contributed by atoms with E-state index in [-0.39, 0.29) is 12.7 Å². The molecule has 6 rings (SSSR count). The van der Waals surface area contributed by atoms with E-state index in [1.807, 2.05) is 39.0 Å². The molecule has 3 aromatic rings. The Morgan fingerprint density at radius 1 is 1.29 bits per heavy atom. The fraction of sp³-hybridized carbons (Fsp3) is 0.448. The third kappa shape index (κ3) is 4.55. The zero-order chi connectivity index (χ0) is 26.4. The number of rotatable bonds is 7. The summed E-state index contributed by atoms with van der Waals surface area (Å²) in [4.78, 5) is 16.7. The summed E-state index contributed by atoms with van der Waals surface area (Å²) in [6, 6.07) is 10.8. The van der Waals surface area contributed by atoms with Crippen LogP contribution in [0.4, 0.5) is 17.3 Å². The van der Waals surface area contributed by atoms with Gasteiger partial charge in [0.05, 0.1) is 35.3 Å². The number of anilines is 3. The lowest BCUT2D eigenvalue weighted by Crippen LogP contribution is -2.33. The van der Waals surface area contributed by atoms with Crippen LogP contribution in [-0.2, 0) is 18.4 Å². The van der Waals surface area contributed by atoms with Gasteiger partial charge in [-0.25, -0.2) is 15.0 Å². The van der Waals surface area contributed by atoms with Gasteiger partial charge in [0.25, 0.3) is 0 Å². The SMILES string of the molecule is CC(C)Oc1nc2c(cc1Nc1nccc(-c3cc(C#N)c4c(c3)[C@@](C)(CO)CN4)n1)CN(C1CC1)CC2. The molecule has 38 heavy (non-hydrogen) atoms. The van der Waals surface area contributed by atoms with Crippen molar-refractivity contribution in [3.63, 3.8) is 0 Å². The maximum absolute atomic E-state index is 10.0. The van der Waals surface area contributed by atoms with Crippen LogP contribution in [0.2, 0.25) is 0 Å². The summed E-state index contributed by atoms with van der Waals surface area (Å²) in [5.74, 6) is 0.983. The van der Waals surface area contributed by atoms with Crippen LogP contribution in [0.3, 0.4) is 0 Å². The summed E-state index contributed by atoms with van der Waals surface area (Å²) in [7, 11) is 0. The summed E-state index contributed by atoms with van der Waals surface area (Å²) in [5, 5.41) is 26.5. The molecule has 1 aliphatic carbocycles. The molecule has 1 saturated carbocycles. The Balaban J connectivity index is 1.34. The lowest BCUT2D eigenvalue weighted by atomic mass is 9.83. The van der Waals surface area contributed by atoms with Gasteiger partial charge >= 0.3 is 0 Å². The molecule has 0 spiro atoms. The third-order valence-corrected chi connectivity index (χ3v) is 7.69. The number of hydrogen-bond acceptors (Lipinski definition) is 9. The minimum Gasteiger partial charge on any atom is -0.473 e. The predicted octanol–water partition coefficient (Wildman–Crippen LogP) is 4.14. The minimum absolute atomic E-state index is 0.0139. The molecule has 0 saturated heterocycles. The van der Waals surface area contributed by atoms with Gasteiger partial charge in [-0.15, -0.1) is 0 Å². The second-order valence-corrected chi connectivity index (χ2v) is 11.1. The van der Waals surface area contributed by atoms with Crippen LogP contribution < -0.4 is 15.4 Å². The third-order valence-electron chi connectivity index (χ3n) is 7.69. The molecule has 3 N–H and O–H groups in total. The van der Waals surface area contributed by atoms with Gasteiger partial charge in [-0.1, -0.05) is 6.92 Å². The summed E-state index contributed by atoms with van der Waals surface area (Å²) in [6.45, 7) is 8.48. The van der Waals surface area contributed by atoms with E-state index in [1.165, 1.54) is 18.4 Å². The van der Waals surface area contributed by atoms with E-state index >= 15 is 0 Å². The highest BCUT2D eigenvalue weighted by Crippen LogP contribution is 2.41. The smallest absolute Gasteiger partial charge is 0.238 e. The van der Waals surface area contributed by atoms with Gasteiger partial charge in [-0.2, -0.15) is 5.26 Å². The number of fused-ring (bicyclic) bond motifs is 2. The first-order valence-electron chi connectivity index (χ1n) is 13.3. The van der Waals surface area contributed by atoms with Crippen molar-refractivity contribution in [2.75, 3.05) is 30.3 Å². The van der Waals surface area contributed by atoms with E-state index in [4.69, 9.17) is 14.7 Å². The van der Waals surface area contributed by atoms with E-state index < -0.39 is 5.41 Å². The number of nitriles is 1. The van der Waals surface area contributed by atoms with Gasteiger partial charge < -0.3 is 20.5 Å². The Kier molecular flexibility index (Phi) is 6.17. The lowest BCUT2D eigenvalue weighted by Gasteiger charge is -2.29. The molecule has 9 heteroatoms. The van der Waals surface area contributed by atoms with Crippen molar-refractivity contribution in [2.24, 2.45) is 0 Å². The lowest BCUT2D eigenvalue weighted by molar-refractivity contribution is 0.219. The van der Waals surface area contributed by atoms with Crippen LogP contribution in [-0.4, -0.2) is 56.8 Å². The first-order valence-corrected chi connectivity index (χ1v) is 13.3. The molecular weight excluding hydrogens is 478 g/mol. The molecule has 4 heterocycles. The van der Waals surface area contributed by atoms with Gasteiger partial charge in [0, 0.05) is 49.3 Å². The Bertz CT molecular complexity index is 1430. The topological polar surface area (TPSA) is 119 Å². The molecule has 1 aromatic carbocycles. The van der Waals surface area contributed by atoms with Crippen molar-refractivity contribution in [3.8, 4) is 23.2 Å². The van der Waals surface area contributed by atoms with Crippen LogP contribution in [0.5, 0.6) is 5.88 Å². The fourth-order valence-electron chi connectivity index (χ4n) is 5.39. The van der Waals surface area contributed by atoms with E-state index in [0.717, 1.165) is 47.7 Å². The number of ether oxygens (including phenoxy) is 1. The van der Waals surface area contributed by atoms with Gasteiger partial charge in [-0.05, 0) is 62.1 Å². The highest BCUT2D eigenvalue weighted by molar-refractivity contribution is 5.76. The van der Waals surface area contributed by atoms with Crippen LogP contribution in [0, 0.1) is 11.3 Å². The first-order chi connectivity index (χ1) is 18.4. The van der Waals surface area contributed by atoms with Gasteiger partial charge in [0.1, 0.15) is 11.8 Å². The maximum atomic E-state index is 10.0. The van der Waals surface area contributed by atoms with Crippen LogP contribution in [0.1, 0.15) is 56.0 Å². The fourth-order valence-corrected chi connectivity index (χ4v) is 5.39. The Morgan fingerprint density at radius 2 is 2.13 bits per heavy atom. The molecule has 0 unspecified atom stereocenters. The second-order valence-electron chi connectivity index (χ2n) is 11.1. The molecule has 0 amide bonds. The molecular formula is C29H33N7O2. The van der Waals surface area contributed by atoms with E-state index in [1.54, 1.807) is 6.20 Å². The number of hydrogen-bond donors (Lipinski definition) is 3. The van der Waals surface area contributed by atoms with E-state index in [0.29, 0.717) is 35.7 Å². The quantitative estimate of drug-likeness (QED) is 0.430. The Labute approximate surface area is 222 Å². The van der Waals surface area contributed by atoms with Crippen LogP contribution in [0.15, 0.2) is 30.5 Å². The minimum atomic E-state index is -0.461. The maximum Gasteiger partial charge on any atom is 0.238 e. The Morgan fingerprint density at radius 3 is 2.87 bits per heavy atom. The zero-order valence-corrected chi connectivity index (χ0v) is 22.1. The number of aliphatic hydroxyl groups is 1. The summed E-state index contributed by atoms with van der Waals surface area (Å²) in [5.41, 5.74) is 6.33. The van der Waals surface area contributed by atoms with Gasteiger partial charge in [-0.3, -0.25) is 4.90 Å². The summed E-state index contributed by atoms with van der Waals surface area (Å²) < 4.78 is 6.09. The van der Waals surface area contributed by atoms with Gasteiger partial charge in [0.15, 0.2) is 0 Å². The van der Waals surface area contributed by atoms with Crippen LogP contribution >= 0.6 is 0 Å². The first kappa shape index (κ1) is 24.6. The molecule has 2 aromatic heterocycles. The van der Waals surface area contributed by atoms with Crippen molar-refractivity contribution in [1.29, 1.82) is 5.26 Å². The highest BCUT2D eigenvalue weighted by Gasteiger charge is 2.36. The van der Waals surface area contributed by atoms with Crippen molar-refractivity contribution >= 4 is 17.3 Å². The molecule has 1 atom stereocenters. The monoisotopic (exact) mass is 511 g/mol. The molecule has 0 bridgehead atoms. The molecule has 2 aliphatic heterocycles. The van der Waals surface area contributed by atoms with Crippen molar-refractivity contribution in [2.45, 2.75) is 64.1 Å². The number of nitrogens with zero attached hydrogens (tertiary/aromatic N) is 5. The largest absolute Gasteiger partial charge is 0.473 e.